The number of likely N-dealkylation sites (tertiary alicyclic amines) is 1. The van der Waals surface area contributed by atoms with E-state index >= 15 is 8.78 Å². The smallest absolute Gasteiger partial charge is 0.434 e. The molecule has 4 aromatic carbocycles. The molecule has 8 aliphatic rings. The summed E-state index contributed by atoms with van der Waals surface area (Å²) in [5.74, 6) is -0.409. The molecule has 0 N–H and O–H groups in total. The number of fused-ring (bicyclic) bond motifs is 8. The summed E-state index contributed by atoms with van der Waals surface area (Å²) in [5, 5.41) is 3.80. The predicted molar refractivity (Wildman–Crippen MR) is 343 cm³/mol. The van der Waals surface area contributed by atoms with E-state index in [4.69, 9.17) is 47.6 Å². The van der Waals surface area contributed by atoms with E-state index in [1.165, 1.54) is 18.3 Å². The number of ether oxygens (including phenoxy) is 2. The molecule has 0 spiro atoms. The Morgan fingerprint density at radius 1 is 0.846 bits per heavy atom. The minimum Gasteiger partial charge on any atom is -0.461 e. The largest absolute Gasteiger partial charge is 0.461 e. The molecular weight excluding hydrogens is 1210 g/mol. The second-order valence-electron chi connectivity index (χ2n) is 26.5. The molecule has 2 unspecified atom stereocenters. The van der Waals surface area contributed by atoms with Gasteiger partial charge in [-0.1, -0.05) is 84.4 Å². The highest BCUT2D eigenvalue weighted by Crippen LogP contribution is 2.47. The number of alkyl halides is 2. The number of amides is 2. The molecule has 472 valence electrons. The number of hydrogen-bond donors (Lipinski definition) is 0. The van der Waals surface area contributed by atoms with E-state index < -0.39 is 29.5 Å². The van der Waals surface area contributed by atoms with Crippen molar-refractivity contribution in [1.82, 2.24) is 44.5 Å². The van der Waals surface area contributed by atoms with Gasteiger partial charge < -0.3 is 29.1 Å². The molecule has 11 heterocycles. The van der Waals surface area contributed by atoms with Crippen LogP contribution in [0.3, 0.4) is 0 Å². The first-order valence-electron chi connectivity index (χ1n) is 31.9. The van der Waals surface area contributed by atoms with E-state index in [1.807, 2.05) is 42.1 Å². The zero-order valence-corrected chi connectivity index (χ0v) is 52.4. The molecule has 0 radical (unpaired) electrons. The first-order valence-corrected chi connectivity index (χ1v) is 32.6. The van der Waals surface area contributed by atoms with Crippen LogP contribution >= 0.6 is 23.2 Å². The standard InChI is InChI=1S/C69H71Cl2F4N12O4/c1-4-56(88)84-32-40(33-84)31-81(2)65-50-30-76-62(49-12-5-9-42-15-18-52(74)60(71)58(42)49)61(75)63(50)78-67(80-65)91-39-69-24-21-46(86(69)36-45(73)29-69)17-20-57(89)87-47-16-19-54(87)43(27-47)34-82(3)64-48-22-26-83(55-14-7-11-41-10-6-13-51(70)59(41)55)37-53(48)77-66(79-64)90-38-68-23-8-25-85(68)35-44(72)28-68/h4-7,9-15,17-18,20,30,34,40,43-47,54H,1,8,16,19,21-29,31-33,35-39H2,2-3H3/q+1/b20-17-,82-34-/t43?,44-,45-,46?,47+,54-,68+,69+/m1/s1. The van der Waals surface area contributed by atoms with Gasteiger partial charge >= 0.3 is 17.8 Å². The van der Waals surface area contributed by atoms with Gasteiger partial charge in [0.25, 0.3) is 0 Å². The first kappa shape index (κ1) is 59.8. The van der Waals surface area contributed by atoms with Gasteiger partial charge in [0, 0.05) is 135 Å². The maximum Gasteiger partial charge on any atom is 0.434 e. The molecular formula is C69H71Cl2F4N12O4+. The minimum atomic E-state index is -1.16. The number of anilines is 2. The number of carbonyl (C=O) groups excluding carboxylic acids is 2. The van der Waals surface area contributed by atoms with Gasteiger partial charge in [-0.25, -0.2) is 22.1 Å². The summed E-state index contributed by atoms with van der Waals surface area (Å²) in [5.41, 5.74) is 1.91. The van der Waals surface area contributed by atoms with Gasteiger partial charge in [-0.2, -0.15) is 15.0 Å². The molecule has 3 aromatic heterocycles. The van der Waals surface area contributed by atoms with Crippen molar-refractivity contribution in [3.8, 4) is 23.3 Å². The van der Waals surface area contributed by atoms with Gasteiger partial charge in [0.1, 0.15) is 48.4 Å². The number of carbonyl (C=O) groups is 2. The Balaban J connectivity index is 0.667. The van der Waals surface area contributed by atoms with Crippen LogP contribution in [0.2, 0.25) is 10.0 Å². The summed E-state index contributed by atoms with van der Waals surface area (Å²) in [7, 11) is 3.85. The summed E-state index contributed by atoms with van der Waals surface area (Å²) in [6, 6.07) is 20.1. The van der Waals surface area contributed by atoms with Gasteiger partial charge in [-0.3, -0.25) is 24.4 Å². The van der Waals surface area contributed by atoms with Crippen molar-refractivity contribution in [3.63, 3.8) is 0 Å². The van der Waals surface area contributed by atoms with E-state index in [0.29, 0.717) is 92.0 Å². The minimum absolute atomic E-state index is 0.000131. The van der Waals surface area contributed by atoms with Crippen molar-refractivity contribution in [2.75, 3.05) is 82.9 Å². The Hall–Kier alpha value is -7.52. The normalized spacial score (nSPS) is 26.5. The molecule has 0 aliphatic carbocycles. The van der Waals surface area contributed by atoms with Crippen LogP contribution in [0.1, 0.15) is 69.0 Å². The van der Waals surface area contributed by atoms with E-state index in [0.717, 1.165) is 78.7 Å². The van der Waals surface area contributed by atoms with Gasteiger partial charge in [0.15, 0.2) is 5.82 Å². The number of hydrogen-bond acceptors (Lipinski definition) is 13. The predicted octanol–water partition coefficient (Wildman–Crippen LogP) is 11.3. The molecule has 7 saturated heterocycles. The lowest BCUT2D eigenvalue weighted by atomic mass is 9.90. The Labute approximate surface area is 535 Å². The van der Waals surface area contributed by atoms with Crippen LogP contribution in [0.25, 0.3) is 43.7 Å². The summed E-state index contributed by atoms with van der Waals surface area (Å²) >= 11 is 13.4. The van der Waals surface area contributed by atoms with E-state index in [-0.39, 0.29) is 101 Å². The zero-order chi connectivity index (χ0) is 62.6. The monoisotopic (exact) mass is 1280 g/mol. The molecule has 7 fully saturated rings. The average molecular weight is 1280 g/mol. The molecule has 16 nitrogen and oxygen atoms in total. The third kappa shape index (κ3) is 10.6. The molecule has 22 heteroatoms. The summed E-state index contributed by atoms with van der Waals surface area (Å²) in [4.78, 5) is 63.5. The molecule has 0 saturated carbocycles. The van der Waals surface area contributed by atoms with Crippen LogP contribution in [0.15, 0.2) is 97.7 Å². The molecule has 8 aliphatic heterocycles. The maximum absolute atomic E-state index is 17.3. The second kappa shape index (κ2) is 23.6. The summed E-state index contributed by atoms with van der Waals surface area (Å²) in [6.45, 7) is 8.06. The van der Waals surface area contributed by atoms with E-state index in [9.17, 15) is 18.4 Å². The molecule has 2 amide bonds. The van der Waals surface area contributed by atoms with Crippen LogP contribution in [-0.2, 0) is 22.6 Å². The Morgan fingerprint density at radius 3 is 2.43 bits per heavy atom. The third-order valence-corrected chi connectivity index (χ3v) is 21.7. The zero-order valence-electron chi connectivity index (χ0n) is 50.9. The fourth-order valence-electron chi connectivity index (χ4n) is 16.8. The Kier molecular flexibility index (Phi) is 15.5. The van der Waals surface area contributed by atoms with Crippen molar-refractivity contribution < 1.29 is 41.2 Å². The van der Waals surface area contributed by atoms with Crippen LogP contribution in [0.5, 0.6) is 12.0 Å². The van der Waals surface area contributed by atoms with Gasteiger partial charge in [-0.15, -0.1) is 0 Å². The molecule has 2 bridgehead atoms. The highest BCUT2D eigenvalue weighted by Gasteiger charge is 2.54. The van der Waals surface area contributed by atoms with Gasteiger partial charge in [0.2, 0.25) is 11.8 Å². The number of rotatable bonds is 16. The van der Waals surface area contributed by atoms with Crippen molar-refractivity contribution in [1.29, 1.82) is 0 Å². The number of nitrogens with zero attached hydrogens (tertiary/aromatic N) is 12. The SMILES string of the molecule is C=CC(=O)N1CC(CN(C)c2nc(OC[C@@]34CCC(/C=C\C(=O)N5[C@H]6CC[C@@H]5C(/C=[N+](/C)c5nc(OC[C@@]78CCCN7C[C@H](F)C8)nc7c5CCN(c5cccc8cccc(Cl)c58)C7)C6)N3C[C@H](F)C4)nc3c(F)c(-c4cccc5ccc(F)c(Cl)c45)ncc23)C1. The van der Waals surface area contributed by atoms with Crippen molar-refractivity contribution in [2.24, 2.45) is 11.8 Å². The quantitative estimate of drug-likeness (QED) is 0.0393. The van der Waals surface area contributed by atoms with Crippen LogP contribution in [0, 0.1) is 23.5 Å². The highest BCUT2D eigenvalue weighted by molar-refractivity contribution is 6.37. The lowest BCUT2D eigenvalue weighted by Gasteiger charge is -2.40. The fourth-order valence-corrected chi connectivity index (χ4v) is 17.3. The molecule has 7 aromatic rings. The van der Waals surface area contributed by atoms with E-state index in [1.54, 1.807) is 35.2 Å². The second-order valence-corrected chi connectivity index (χ2v) is 27.3. The number of halogens is 6. The molecule has 8 atom stereocenters. The first-order chi connectivity index (χ1) is 44.0. The number of aromatic nitrogens is 5. The van der Waals surface area contributed by atoms with Crippen molar-refractivity contribution in [2.45, 2.75) is 112 Å². The lowest BCUT2D eigenvalue weighted by Crippen LogP contribution is -2.53. The van der Waals surface area contributed by atoms with Gasteiger partial charge in [0.05, 0.1) is 57.6 Å². The van der Waals surface area contributed by atoms with Crippen LogP contribution in [-0.4, -0.2) is 182 Å². The highest BCUT2D eigenvalue weighted by atomic mass is 35.5. The van der Waals surface area contributed by atoms with Crippen LogP contribution < -0.4 is 19.3 Å². The Morgan fingerprint density at radius 2 is 1.60 bits per heavy atom. The molecule has 91 heavy (non-hydrogen) atoms. The fraction of sp³-hybridized carbons (Fsp3) is 0.449. The summed E-state index contributed by atoms with van der Waals surface area (Å²) < 4.78 is 78.3. The van der Waals surface area contributed by atoms with Crippen LogP contribution in [0.4, 0.5) is 34.9 Å². The van der Waals surface area contributed by atoms with Crippen molar-refractivity contribution in [3.05, 3.63) is 131 Å². The number of pyridine rings is 1. The topological polar surface area (TPSA) is 140 Å². The summed E-state index contributed by atoms with van der Waals surface area (Å²) in [6.07, 6.45) is 13.5. The Bertz CT molecular complexity index is 4170. The lowest BCUT2D eigenvalue weighted by molar-refractivity contribution is -0.408. The average Bonchev–Trinajstić information content (AvgIpc) is 1.77. The van der Waals surface area contributed by atoms with E-state index in [2.05, 4.69) is 66.3 Å². The molecule has 15 rings (SSSR count). The number of benzene rings is 4. The third-order valence-electron chi connectivity index (χ3n) is 21.0. The van der Waals surface area contributed by atoms with Crippen molar-refractivity contribution >= 4 is 91.0 Å². The maximum atomic E-state index is 17.3. The van der Waals surface area contributed by atoms with Gasteiger partial charge in [-0.05, 0) is 86.5 Å².